The van der Waals surface area contributed by atoms with Crippen LogP contribution in [0.4, 0.5) is 0 Å². The maximum atomic E-state index is 12.9. The highest BCUT2D eigenvalue weighted by Crippen LogP contribution is 2.55. The lowest BCUT2D eigenvalue weighted by Gasteiger charge is -2.40. The summed E-state index contributed by atoms with van der Waals surface area (Å²) in [6.45, 7) is 16.9. The van der Waals surface area contributed by atoms with Crippen molar-refractivity contribution >= 4 is 42.6 Å². The zero-order valence-corrected chi connectivity index (χ0v) is 22.6. The lowest BCUT2D eigenvalue weighted by Crippen LogP contribution is -2.47. The van der Waals surface area contributed by atoms with E-state index in [1.807, 2.05) is 33.1 Å². The van der Waals surface area contributed by atoms with Gasteiger partial charge in [-0.25, -0.2) is 4.79 Å². The third-order valence-corrected chi connectivity index (χ3v) is 12.4. The molecule has 1 saturated heterocycles. The molecule has 176 valence electrons. The van der Waals surface area contributed by atoms with E-state index < -0.39 is 14.1 Å². The van der Waals surface area contributed by atoms with Crippen molar-refractivity contribution < 1.29 is 28.2 Å². The van der Waals surface area contributed by atoms with Gasteiger partial charge >= 0.3 is 5.97 Å². The van der Waals surface area contributed by atoms with Gasteiger partial charge in [-0.2, -0.15) is 0 Å². The highest BCUT2D eigenvalue weighted by atomic mass is 32.2. The van der Waals surface area contributed by atoms with Gasteiger partial charge < -0.3 is 23.4 Å². The molecule has 0 aromatic rings. The average Bonchev–Trinajstić information content (AvgIpc) is 3.23. The van der Waals surface area contributed by atoms with Crippen LogP contribution in [0.25, 0.3) is 0 Å². The Labute approximate surface area is 196 Å². The minimum Gasteiger partial charge on any atom is -0.472 e. The van der Waals surface area contributed by atoms with Crippen LogP contribution in [0.5, 0.6) is 0 Å². The fraction of sp³-hybridized carbons (Fsp3) is 0.818. The fourth-order valence-electron chi connectivity index (χ4n) is 4.52. The SMILES string of the molecule is CCOC(=O)C1=C[C@@H](O[Si](C)(C)C(C)(C)C)[C@@H]2[C@@H](OC(=S)SC)[C@H]3OC(C)(C)O[C@H]3[C@H]12. The first kappa shape index (κ1) is 25.2. The van der Waals surface area contributed by atoms with Gasteiger partial charge in [-0.15, -0.1) is 0 Å². The zero-order valence-electron chi connectivity index (χ0n) is 20.0. The summed E-state index contributed by atoms with van der Waals surface area (Å²) in [6, 6.07) is 0. The first-order chi connectivity index (χ1) is 14.2. The van der Waals surface area contributed by atoms with Gasteiger partial charge in [0.05, 0.1) is 18.8 Å². The molecule has 0 aromatic carbocycles. The summed E-state index contributed by atoms with van der Waals surface area (Å²) in [5.74, 6) is -1.44. The van der Waals surface area contributed by atoms with Crippen LogP contribution in [0.1, 0.15) is 41.5 Å². The van der Waals surface area contributed by atoms with E-state index in [1.165, 1.54) is 11.8 Å². The third kappa shape index (κ3) is 4.77. The molecule has 31 heavy (non-hydrogen) atoms. The average molecular weight is 489 g/mol. The van der Waals surface area contributed by atoms with E-state index in [0.29, 0.717) is 16.6 Å². The molecule has 3 rings (SSSR count). The smallest absolute Gasteiger partial charge is 0.334 e. The molecule has 0 bridgehead atoms. The number of thioether (sulfide) groups is 1. The molecule has 0 aromatic heterocycles. The van der Waals surface area contributed by atoms with Crippen LogP contribution < -0.4 is 0 Å². The largest absolute Gasteiger partial charge is 0.472 e. The zero-order chi connectivity index (χ0) is 23.4. The van der Waals surface area contributed by atoms with Crippen LogP contribution in [-0.2, 0) is 28.2 Å². The van der Waals surface area contributed by atoms with Crippen molar-refractivity contribution in [2.24, 2.45) is 11.8 Å². The Bertz CT molecular complexity index is 760. The van der Waals surface area contributed by atoms with Crippen LogP contribution in [0.3, 0.4) is 0 Å². The molecule has 0 unspecified atom stereocenters. The van der Waals surface area contributed by atoms with Crippen LogP contribution in [-0.4, -0.2) is 61.7 Å². The topological polar surface area (TPSA) is 63.2 Å². The van der Waals surface area contributed by atoms with Crippen LogP contribution >= 0.6 is 24.0 Å². The summed E-state index contributed by atoms with van der Waals surface area (Å²) < 4.78 is 31.5. The summed E-state index contributed by atoms with van der Waals surface area (Å²) in [7, 11) is -2.13. The fourth-order valence-corrected chi connectivity index (χ4v) is 6.10. The van der Waals surface area contributed by atoms with E-state index in [4.69, 9.17) is 35.6 Å². The summed E-state index contributed by atoms with van der Waals surface area (Å²) in [4.78, 5) is 12.9. The van der Waals surface area contributed by atoms with E-state index >= 15 is 0 Å². The number of rotatable bonds is 5. The molecule has 1 saturated carbocycles. The molecule has 3 aliphatic rings. The van der Waals surface area contributed by atoms with Crippen LogP contribution in [0, 0.1) is 11.8 Å². The van der Waals surface area contributed by atoms with E-state index in [0.717, 1.165) is 0 Å². The van der Waals surface area contributed by atoms with Gasteiger partial charge in [-0.3, -0.25) is 0 Å². The molecular formula is C22H36O6S2Si. The Morgan fingerprint density at radius 2 is 1.87 bits per heavy atom. The maximum absolute atomic E-state index is 12.9. The minimum absolute atomic E-state index is 0.0252. The number of hydrogen-bond acceptors (Lipinski definition) is 8. The standard InChI is InChI=1S/C22H36O6S2Si/c1-10-24-19(23)12-11-13(28-31(8,9)21(2,3)4)15-14(12)17-18(27-22(5,6)26-17)16(15)25-20(29)30-7/h11,13-18H,10H2,1-9H3/t13-,14-,15+,16-,17+,18-/m1/s1. The summed E-state index contributed by atoms with van der Waals surface area (Å²) >= 11 is 6.79. The first-order valence-electron chi connectivity index (χ1n) is 10.9. The molecule has 0 N–H and O–H groups in total. The van der Waals surface area contributed by atoms with E-state index in [-0.39, 0.29) is 47.3 Å². The maximum Gasteiger partial charge on any atom is 0.334 e. The Morgan fingerprint density at radius 3 is 2.42 bits per heavy atom. The van der Waals surface area contributed by atoms with Crippen molar-refractivity contribution in [2.45, 2.75) is 89.9 Å². The number of ether oxygens (including phenoxy) is 4. The summed E-state index contributed by atoms with van der Waals surface area (Å²) in [6.07, 6.45) is 2.52. The minimum atomic E-state index is -2.13. The van der Waals surface area contributed by atoms with Crippen molar-refractivity contribution in [2.75, 3.05) is 12.9 Å². The number of thiocarbonyl (C=S) groups is 1. The van der Waals surface area contributed by atoms with Crippen molar-refractivity contribution in [3.8, 4) is 0 Å². The van der Waals surface area contributed by atoms with Gasteiger partial charge in [0.1, 0.15) is 12.2 Å². The molecule has 2 aliphatic carbocycles. The van der Waals surface area contributed by atoms with Gasteiger partial charge in [-0.1, -0.05) is 32.5 Å². The van der Waals surface area contributed by atoms with Gasteiger partial charge in [0.2, 0.25) is 4.38 Å². The summed E-state index contributed by atoms with van der Waals surface area (Å²) in [5.41, 5.74) is 0.605. The second-order valence-electron chi connectivity index (χ2n) is 10.4. The second-order valence-corrected chi connectivity index (χ2v) is 16.6. The molecule has 0 radical (unpaired) electrons. The van der Waals surface area contributed by atoms with Crippen molar-refractivity contribution in [3.63, 3.8) is 0 Å². The number of carbonyl (C=O) groups excluding carboxylic acids is 1. The van der Waals surface area contributed by atoms with Gasteiger partial charge in [0.25, 0.3) is 0 Å². The highest BCUT2D eigenvalue weighted by molar-refractivity contribution is 8.22. The highest BCUT2D eigenvalue weighted by Gasteiger charge is 2.66. The first-order valence-corrected chi connectivity index (χ1v) is 15.4. The molecule has 1 heterocycles. The molecule has 6 atom stereocenters. The van der Waals surface area contributed by atoms with Gasteiger partial charge in [0.15, 0.2) is 14.1 Å². The molecule has 2 fully saturated rings. The predicted octanol–water partition coefficient (Wildman–Crippen LogP) is 4.68. The van der Waals surface area contributed by atoms with E-state index in [2.05, 4.69) is 33.9 Å². The van der Waals surface area contributed by atoms with Gasteiger partial charge in [0, 0.05) is 17.4 Å². The Balaban J connectivity index is 2.02. The Hall–Kier alpha value is -0.453. The molecule has 0 amide bonds. The predicted molar refractivity (Wildman–Crippen MR) is 129 cm³/mol. The lowest BCUT2D eigenvalue weighted by molar-refractivity contribution is -0.173. The monoisotopic (exact) mass is 488 g/mol. The van der Waals surface area contributed by atoms with Crippen LogP contribution in [0.2, 0.25) is 18.1 Å². The van der Waals surface area contributed by atoms with E-state index in [9.17, 15) is 4.79 Å². The molecular weight excluding hydrogens is 452 g/mol. The number of fused-ring (bicyclic) bond motifs is 3. The second kappa shape index (κ2) is 8.72. The van der Waals surface area contributed by atoms with E-state index in [1.54, 1.807) is 0 Å². The normalized spacial score (nSPS) is 34.2. The van der Waals surface area contributed by atoms with Crippen LogP contribution in [0.15, 0.2) is 11.6 Å². The summed E-state index contributed by atoms with van der Waals surface area (Å²) in [5, 5.41) is 0.0252. The molecule has 0 spiro atoms. The Kier molecular flexibility index (Phi) is 7.08. The molecule has 6 nitrogen and oxygen atoms in total. The molecule has 9 heteroatoms. The number of carbonyl (C=O) groups is 1. The van der Waals surface area contributed by atoms with Gasteiger partial charge in [-0.05, 0) is 63.5 Å². The number of esters is 1. The van der Waals surface area contributed by atoms with Crippen molar-refractivity contribution in [1.82, 2.24) is 0 Å². The number of hydrogen-bond donors (Lipinski definition) is 0. The van der Waals surface area contributed by atoms with Crippen molar-refractivity contribution in [1.29, 1.82) is 0 Å². The van der Waals surface area contributed by atoms with Crippen molar-refractivity contribution in [3.05, 3.63) is 11.6 Å². The lowest BCUT2D eigenvalue weighted by atomic mass is 9.91. The molecule has 1 aliphatic heterocycles. The quantitative estimate of drug-likeness (QED) is 0.314. The Morgan fingerprint density at radius 1 is 1.26 bits per heavy atom. The third-order valence-electron chi connectivity index (χ3n) is 6.86.